The van der Waals surface area contributed by atoms with Crippen molar-refractivity contribution < 1.29 is 17.1 Å². The summed E-state index contributed by atoms with van der Waals surface area (Å²) < 4.78 is 9.29. The zero-order valence-electron chi connectivity index (χ0n) is 17.2. The summed E-state index contributed by atoms with van der Waals surface area (Å²) in [5.41, 5.74) is 4.20. The number of halogens is 1. The second-order valence-corrected chi connectivity index (χ2v) is 7.87. The summed E-state index contributed by atoms with van der Waals surface area (Å²) in [6, 6.07) is 15.0. The largest absolute Gasteiger partial charge is 1.00 e. The van der Waals surface area contributed by atoms with Gasteiger partial charge in [0.15, 0.2) is 0 Å². The number of imidazole rings is 1. The van der Waals surface area contributed by atoms with Crippen LogP contribution in [0.2, 0.25) is 0 Å². The van der Waals surface area contributed by atoms with Gasteiger partial charge in [0.25, 0.3) is 0 Å². The van der Waals surface area contributed by atoms with Crippen molar-refractivity contribution in [1.82, 2.24) is 14.5 Å². The maximum Gasteiger partial charge on any atom is 0.328 e. The molecule has 1 saturated carbocycles. The van der Waals surface area contributed by atoms with Gasteiger partial charge in [-0.3, -0.25) is 9.13 Å². The van der Waals surface area contributed by atoms with Crippen LogP contribution >= 0.6 is 0 Å². The van der Waals surface area contributed by atoms with Crippen LogP contribution in [0.4, 0.5) is 0 Å². The number of hydrogen-bond acceptors (Lipinski definition) is 3. The second-order valence-electron chi connectivity index (χ2n) is 7.87. The fraction of sp³-hybridized carbons (Fsp3) is 0.435. The average molecular weight is 415 g/mol. The van der Waals surface area contributed by atoms with E-state index in [1.54, 1.807) is 23.2 Å². The molecule has 1 N–H and O–H groups in total. The fourth-order valence-electron chi connectivity index (χ4n) is 4.08. The van der Waals surface area contributed by atoms with E-state index in [0.29, 0.717) is 12.6 Å². The van der Waals surface area contributed by atoms with E-state index in [1.807, 2.05) is 30.3 Å². The summed E-state index contributed by atoms with van der Waals surface area (Å²) in [5.74, 6) is 0.864. The van der Waals surface area contributed by atoms with Gasteiger partial charge < -0.3 is 22.5 Å². The quantitative estimate of drug-likeness (QED) is 0.651. The van der Waals surface area contributed by atoms with Crippen molar-refractivity contribution in [3.8, 4) is 5.75 Å². The standard InChI is InChI=1S/C23H29N3O2.ClH/c1-25-21-13-10-18(14-22(21)26(2)23(25)27)16-28-20-11-8-17(9-12-20)15-24-19-6-4-3-5-7-19;/h8-14,19,24H,3-7,15-16H2,1-2H3;1H/p-1. The van der Waals surface area contributed by atoms with Crippen LogP contribution in [0.3, 0.4) is 0 Å². The molecule has 1 fully saturated rings. The predicted octanol–water partition coefficient (Wildman–Crippen LogP) is 0.882. The topological polar surface area (TPSA) is 48.2 Å². The first-order chi connectivity index (χ1) is 13.6. The van der Waals surface area contributed by atoms with Crippen molar-refractivity contribution in [3.63, 3.8) is 0 Å². The SMILES string of the molecule is Cn1c(=O)n(C)c2cc(COc3ccc(CNC4CCCCC4)cc3)ccc21.[Cl-]. The Morgan fingerprint density at radius 3 is 2.31 bits per heavy atom. The van der Waals surface area contributed by atoms with Gasteiger partial charge in [0, 0.05) is 26.7 Å². The average Bonchev–Trinajstić information content (AvgIpc) is 2.96. The molecule has 5 nitrogen and oxygen atoms in total. The monoisotopic (exact) mass is 414 g/mol. The van der Waals surface area contributed by atoms with E-state index < -0.39 is 0 Å². The molecule has 0 spiro atoms. The molecule has 0 aliphatic heterocycles. The molecule has 3 aromatic rings. The van der Waals surface area contributed by atoms with Crippen LogP contribution in [-0.2, 0) is 27.2 Å². The highest BCUT2D eigenvalue weighted by Gasteiger charge is 2.12. The van der Waals surface area contributed by atoms with E-state index in [4.69, 9.17) is 4.74 Å². The molecular formula is C23H29ClN3O2-. The molecule has 4 rings (SSSR count). The van der Waals surface area contributed by atoms with Crippen LogP contribution in [-0.4, -0.2) is 15.2 Å². The lowest BCUT2D eigenvalue weighted by atomic mass is 9.95. The molecule has 0 saturated heterocycles. The highest BCUT2D eigenvalue weighted by atomic mass is 35.5. The van der Waals surface area contributed by atoms with Crippen molar-refractivity contribution in [3.05, 3.63) is 64.1 Å². The number of aromatic nitrogens is 2. The molecule has 0 amide bonds. The van der Waals surface area contributed by atoms with Crippen LogP contribution in [0.1, 0.15) is 43.2 Å². The van der Waals surface area contributed by atoms with Gasteiger partial charge in [0.05, 0.1) is 11.0 Å². The van der Waals surface area contributed by atoms with Gasteiger partial charge in [-0.15, -0.1) is 0 Å². The molecule has 6 heteroatoms. The van der Waals surface area contributed by atoms with E-state index in [-0.39, 0.29) is 18.1 Å². The molecule has 1 aliphatic carbocycles. The molecule has 0 unspecified atom stereocenters. The van der Waals surface area contributed by atoms with Crippen LogP contribution in [0.5, 0.6) is 5.75 Å². The Hall–Kier alpha value is -2.24. The van der Waals surface area contributed by atoms with Gasteiger partial charge in [-0.05, 0) is 48.2 Å². The highest BCUT2D eigenvalue weighted by Crippen LogP contribution is 2.20. The fourth-order valence-corrected chi connectivity index (χ4v) is 4.08. The Bertz CT molecular complexity index is 1000. The third-order valence-corrected chi connectivity index (χ3v) is 5.87. The van der Waals surface area contributed by atoms with Crippen LogP contribution in [0, 0.1) is 0 Å². The zero-order valence-corrected chi connectivity index (χ0v) is 17.9. The molecule has 2 aromatic carbocycles. The third-order valence-electron chi connectivity index (χ3n) is 5.87. The van der Waals surface area contributed by atoms with E-state index in [9.17, 15) is 4.79 Å². The highest BCUT2D eigenvalue weighted by molar-refractivity contribution is 5.76. The summed E-state index contributed by atoms with van der Waals surface area (Å²) in [4.78, 5) is 12.1. The van der Waals surface area contributed by atoms with Crippen molar-refractivity contribution in [2.45, 2.75) is 51.3 Å². The van der Waals surface area contributed by atoms with Crippen molar-refractivity contribution in [2.75, 3.05) is 0 Å². The number of ether oxygens (including phenoxy) is 1. The Morgan fingerprint density at radius 2 is 1.59 bits per heavy atom. The summed E-state index contributed by atoms with van der Waals surface area (Å²) in [5, 5.41) is 3.67. The number of fused-ring (bicyclic) bond motifs is 1. The first-order valence-electron chi connectivity index (χ1n) is 10.2. The van der Waals surface area contributed by atoms with Gasteiger partial charge >= 0.3 is 5.69 Å². The minimum absolute atomic E-state index is 0. The first kappa shape index (κ1) is 21.5. The van der Waals surface area contributed by atoms with E-state index >= 15 is 0 Å². The third kappa shape index (κ3) is 4.85. The minimum Gasteiger partial charge on any atom is -1.00 e. The molecule has 0 radical (unpaired) electrons. The second kappa shape index (κ2) is 9.51. The lowest BCUT2D eigenvalue weighted by Crippen LogP contribution is -3.00. The van der Waals surface area contributed by atoms with E-state index in [1.165, 1.54) is 37.7 Å². The van der Waals surface area contributed by atoms with Gasteiger partial charge in [-0.2, -0.15) is 0 Å². The number of nitrogens with zero attached hydrogens (tertiary/aromatic N) is 2. The van der Waals surface area contributed by atoms with Crippen molar-refractivity contribution in [2.24, 2.45) is 14.1 Å². The first-order valence-corrected chi connectivity index (χ1v) is 10.2. The summed E-state index contributed by atoms with van der Waals surface area (Å²) in [6.45, 7) is 1.41. The van der Waals surface area contributed by atoms with Gasteiger partial charge in [-0.1, -0.05) is 37.5 Å². The molecule has 0 atom stereocenters. The molecule has 1 heterocycles. The molecular weight excluding hydrogens is 386 g/mol. The summed E-state index contributed by atoms with van der Waals surface area (Å²) in [6.07, 6.45) is 6.70. The molecule has 29 heavy (non-hydrogen) atoms. The lowest BCUT2D eigenvalue weighted by Gasteiger charge is -2.22. The normalized spacial score (nSPS) is 14.7. The number of nitrogens with one attached hydrogen (secondary N) is 1. The molecule has 156 valence electrons. The Kier molecular flexibility index (Phi) is 7.04. The predicted molar refractivity (Wildman–Crippen MR) is 113 cm³/mol. The Labute approximate surface area is 178 Å². The number of aryl methyl sites for hydroxylation is 2. The maximum atomic E-state index is 12.1. The van der Waals surface area contributed by atoms with Gasteiger partial charge in [0.1, 0.15) is 12.4 Å². The minimum atomic E-state index is -0.00880. The van der Waals surface area contributed by atoms with Crippen LogP contribution in [0.25, 0.3) is 11.0 Å². The van der Waals surface area contributed by atoms with Gasteiger partial charge in [-0.25, -0.2) is 4.79 Å². The Morgan fingerprint density at radius 1 is 0.931 bits per heavy atom. The van der Waals surface area contributed by atoms with Crippen molar-refractivity contribution >= 4 is 11.0 Å². The zero-order chi connectivity index (χ0) is 19.5. The van der Waals surface area contributed by atoms with Crippen molar-refractivity contribution in [1.29, 1.82) is 0 Å². The summed E-state index contributed by atoms with van der Waals surface area (Å²) >= 11 is 0. The molecule has 1 aliphatic rings. The number of hydrogen-bond donors (Lipinski definition) is 1. The number of rotatable bonds is 6. The van der Waals surface area contributed by atoms with Crippen LogP contribution < -0.4 is 28.2 Å². The number of benzene rings is 2. The Balaban J connectivity index is 0.00000240. The van der Waals surface area contributed by atoms with E-state index in [0.717, 1.165) is 28.9 Å². The summed E-state index contributed by atoms with van der Waals surface area (Å²) in [7, 11) is 3.60. The van der Waals surface area contributed by atoms with E-state index in [2.05, 4.69) is 17.4 Å². The lowest BCUT2D eigenvalue weighted by molar-refractivity contribution is -0.00000630. The van der Waals surface area contributed by atoms with Crippen LogP contribution in [0.15, 0.2) is 47.3 Å². The molecule has 1 aromatic heterocycles. The van der Waals surface area contributed by atoms with Gasteiger partial charge in [0.2, 0.25) is 0 Å². The maximum absolute atomic E-state index is 12.1. The smallest absolute Gasteiger partial charge is 0.328 e. The molecule has 0 bridgehead atoms.